The van der Waals surface area contributed by atoms with E-state index in [9.17, 15) is 0 Å². The van der Waals surface area contributed by atoms with Crippen LogP contribution in [0.3, 0.4) is 0 Å². The molecule has 0 fully saturated rings. The molecule has 0 bridgehead atoms. The number of nitrogens with zero attached hydrogens (tertiary/aromatic N) is 1. The molecule has 0 saturated heterocycles. The Morgan fingerprint density at radius 2 is 1.83 bits per heavy atom. The summed E-state index contributed by atoms with van der Waals surface area (Å²) in [5.74, 6) is 0.900. The largest absolute Gasteiger partial charge is 0.493 e. The lowest BCUT2D eigenvalue weighted by atomic mass is 10.4. The van der Waals surface area contributed by atoms with E-state index in [1.807, 2.05) is 26.0 Å². The highest BCUT2D eigenvalue weighted by atomic mass is 16.5. The van der Waals surface area contributed by atoms with E-state index in [0.717, 1.165) is 18.8 Å². The molecular formula is C10H17NO. The molecule has 1 aromatic rings. The Bertz CT molecular complexity index is 174. The van der Waals surface area contributed by atoms with Crippen LogP contribution in [0.2, 0.25) is 0 Å². The fourth-order valence-electron chi connectivity index (χ4n) is 0.654. The van der Waals surface area contributed by atoms with Crippen molar-refractivity contribution in [1.82, 2.24) is 4.98 Å². The van der Waals surface area contributed by atoms with Crippen LogP contribution in [0.25, 0.3) is 0 Å². The van der Waals surface area contributed by atoms with Gasteiger partial charge in [-0.2, -0.15) is 0 Å². The Balaban J connectivity index is 0.000000561. The van der Waals surface area contributed by atoms with Crippen LogP contribution in [-0.4, -0.2) is 11.6 Å². The molecule has 0 spiro atoms. The quantitative estimate of drug-likeness (QED) is 0.690. The number of ether oxygens (including phenoxy) is 1. The van der Waals surface area contributed by atoms with Gasteiger partial charge in [0, 0.05) is 12.4 Å². The molecule has 1 aromatic heterocycles. The predicted molar refractivity (Wildman–Crippen MR) is 51.4 cm³/mol. The Kier molecular flexibility index (Phi) is 7.35. The third-order valence-electron chi connectivity index (χ3n) is 1.12. The van der Waals surface area contributed by atoms with Crippen molar-refractivity contribution in [3.63, 3.8) is 0 Å². The molecule has 0 aliphatic heterocycles. The zero-order valence-corrected chi connectivity index (χ0v) is 8.08. The van der Waals surface area contributed by atoms with Crippen molar-refractivity contribution in [2.45, 2.75) is 27.2 Å². The summed E-state index contributed by atoms with van der Waals surface area (Å²) in [5.41, 5.74) is 0. The highest BCUT2D eigenvalue weighted by Crippen LogP contribution is 2.06. The third kappa shape index (κ3) is 4.72. The molecule has 0 aliphatic carbocycles. The van der Waals surface area contributed by atoms with Gasteiger partial charge in [-0.15, -0.1) is 0 Å². The van der Waals surface area contributed by atoms with Crippen LogP contribution in [0.4, 0.5) is 0 Å². The van der Waals surface area contributed by atoms with Crippen molar-refractivity contribution in [3.8, 4) is 5.75 Å². The van der Waals surface area contributed by atoms with Gasteiger partial charge in [-0.25, -0.2) is 0 Å². The fourth-order valence-corrected chi connectivity index (χ4v) is 0.654. The normalized spacial score (nSPS) is 8.25. The van der Waals surface area contributed by atoms with E-state index in [4.69, 9.17) is 4.74 Å². The molecule has 1 heterocycles. The molecule has 2 heteroatoms. The van der Waals surface area contributed by atoms with Gasteiger partial charge < -0.3 is 4.74 Å². The first-order valence-electron chi connectivity index (χ1n) is 4.46. The SMILES string of the molecule is CC.CCCOc1ccncc1. The fraction of sp³-hybridized carbons (Fsp3) is 0.500. The van der Waals surface area contributed by atoms with E-state index in [0.29, 0.717) is 0 Å². The van der Waals surface area contributed by atoms with E-state index in [2.05, 4.69) is 11.9 Å². The minimum atomic E-state index is 0.782. The average Bonchev–Trinajstić information content (AvgIpc) is 2.19. The number of aromatic nitrogens is 1. The second-order valence-corrected chi connectivity index (χ2v) is 2.03. The molecule has 0 amide bonds. The molecule has 68 valence electrons. The maximum absolute atomic E-state index is 5.32. The van der Waals surface area contributed by atoms with Crippen molar-refractivity contribution in [1.29, 1.82) is 0 Å². The summed E-state index contributed by atoms with van der Waals surface area (Å²) in [6, 6.07) is 3.71. The Morgan fingerprint density at radius 3 is 2.33 bits per heavy atom. The van der Waals surface area contributed by atoms with Gasteiger partial charge in [-0.3, -0.25) is 4.98 Å². The molecule has 0 aromatic carbocycles. The smallest absolute Gasteiger partial charge is 0.122 e. The minimum absolute atomic E-state index is 0.782. The van der Waals surface area contributed by atoms with E-state index in [1.165, 1.54) is 0 Å². The summed E-state index contributed by atoms with van der Waals surface area (Å²) in [7, 11) is 0. The maximum Gasteiger partial charge on any atom is 0.122 e. The molecule has 2 nitrogen and oxygen atoms in total. The van der Waals surface area contributed by atoms with Gasteiger partial charge in [0.1, 0.15) is 5.75 Å². The van der Waals surface area contributed by atoms with Crippen LogP contribution in [-0.2, 0) is 0 Å². The molecule has 0 aliphatic rings. The first kappa shape index (κ1) is 11.0. The van der Waals surface area contributed by atoms with Crippen LogP contribution >= 0.6 is 0 Å². The van der Waals surface area contributed by atoms with E-state index in [-0.39, 0.29) is 0 Å². The molecule has 0 saturated carbocycles. The summed E-state index contributed by atoms with van der Waals surface area (Å²) in [6.45, 7) is 6.87. The molecule has 12 heavy (non-hydrogen) atoms. The minimum Gasteiger partial charge on any atom is -0.493 e. The zero-order chi connectivity index (χ0) is 9.23. The standard InChI is InChI=1S/C8H11NO.C2H6/c1-2-7-10-8-3-5-9-6-4-8;1-2/h3-6H,2,7H2,1H3;1-2H3. The first-order chi connectivity index (χ1) is 5.93. The van der Waals surface area contributed by atoms with Crippen molar-refractivity contribution in [2.75, 3.05) is 6.61 Å². The molecule has 0 radical (unpaired) electrons. The van der Waals surface area contributed by atoms with Crippen LogP contribution in [0.5, 0.6) is 5.75 Å². The van der Waals surface area contributed by atoms with Crippen molar-refractivity contribution in [3.05, 3.63) is 24.5 Å². The van der Waals surface area contributed by atoms with Gasteiger partial charge in [-0.1, -0.05) is 20.8 Å². The second-order valence-electron chi connectivity index (χ2n) is 2.03. The van der Waals surface area contributed by atoms with E-state index < -0.39 is 0 Å². The number of pyridine rings is 1. The van der Waals surface area contributed by atoms with Gasteiger partial charge in [0.2, 0.25) is 0 Å². The monoisotopic (exact) mass is 167 g/mol. The van der Waals surface area contributed by atoms with Crippen molar-refractivity contribution >= 4 is 0 Å². The van der Waals surface area contributed by atoms with Crippen molar-refractivity contribution in [2.24, 2.45) is 0 Å². The number of hydrogen-bond donors (Lipinski definition) is 0. The van der Waals surface area contributed by atoms with E-state index in [1.54, 1.807) is 12.4 Å². The highest BCUT2D eigenvalue weighted by molar-refractivity contribution is 5.16. The lowest BCUT2D eigenvalue weighted by Gasteiger charge is -2.01. The number of hydrogen-bond acceptors (Lipinski definition) is 2. The molecule has 0 N–H and O–H groups in total. The molecular weight excluding hydrogens is 150 g/mol. The Morgan fingerprint density at radius 1 is 1.25 bits per heavy atom. The van der Waals surface area contributed by atoms with Crippen LogP contribution < -0.4 is 4.74 Å². The Labute approximate surface area is 74.6 Å². The van der Waals surface area contributed by atoms with Crippen LogP contribution in [0.1, 0.15) is 27.2 Å². The average molecular weight is 167 g/mol. The third-order valence-corrected chi connectivity index (χ3v) is 1.12. The zero-order valence-electron chi connectivity index (χ0n) is 8.08. The number of rotatable bonds is 3. The van der Waals surface area contributed by atoms with Gasteiger partial charge in [0.15, 0.2) is 0 Å². The van der Waals surface area contributed by atoms with Crippen LogP contribution in [0.15, 0.2) is 24.5 Å². The van der Waals surface area contributed by atoms with Crippen LogP contribution in [0, 0.1) is 0 Å². The summed E-state index contributed by atoms with van der Waals surface area (Å²) in [4.78, 5) is 3.87. The lowest BCUT2D eigenvalue weighted by Crippen LogP contribution is -1.94. The summed E-state index contributed by atoms with van der Waals surface area (Å²) < 4.78 is 5.32. The van der Waals surface area contributed by atoms with Gasteiger partial charge in [-0.05, 0) is 18.6 Å². The second kappa shape index (κ2) is 8.05. The molecule has 0 atom stereocenters. The lowest BCUT2D eigenvalue weighted by molar-refractivity contribution is 0.317. The highest BCUT2D eigenvalue weighted by Gasteiger charge is 1.87. The molecule has 1 rings (SSSR count). The predicted octanol–water partition coefficient (Wildman–Crippen LogP) is 2.90. The first-order valence-corrected chi connectivity index (χ1v) is 4.46. The van der Waals surface area contributed by atoms with Gasteiger partial charge >= 0.3 is 0 Å². The van der Waals surface area contributed by atoms with Crippen molar-refractivity contribution < 1.29 is 4.74 Å². The summed E-state index contributed by atoms with van der Waals surface area (Å²) >= 11 is 0. The summed E-state index contributed by atoms with van der Waals surface area (Å²) in [5, 5.41) is 0. The topological polar surface area (TPSA) is 22.1 Å². The van der Waals surface area contributed by atoms with Gasteiger partial charge in [0.05, 0.1) is 6.61 Å². The molecule has 0 unspecified atom stereocenters. The Hall–Kier alpha value is -1.05. The maximum atomic E-state index is 5.32. The summed E-state index contributed by atoms with van der Waals surface area (Å²) in [6.07, 6.45) is 4.50. The van der Waals surface area contributed by atoms with E-state index >= 15 is 0 Å². The van der Waals surface area contributed by atoms with Gasteiger partial charge in [0.25, 0.3) is 0 Å².